The highest BCUT2D eigenvalue weighted by Crippen LogP contribution is 2.42. The molecule has 4 nitrogen and oxygen atoms in total. The lowest BCUT2D eigenvalue weighted by Gasteiger charge is -2.47. The Kier molecular flexibility index (Phi) is 7.05. The van der Waals surface area contributed by atoms with Gasteiger partial charge in [-0.05, 0) is 54.8 Å². The second-order valence-electron chi connectivity index (χ2n) is 9.04. The van der Waals surface area contributed by atoms with Crippen molar-refractivity contribution in [3.8, 4) is 0 Å². The maximum absolute atomic E-state index is 14.0. The van der Waals surface area contributed by atoms with Gasteiger partial charge in [-0.1, -0.05) is 77.3 Å². The van der Waals surface area contributed by atoms with E-state index in [0.717, 1.165) is 28.3 Å². The second kappa shape index (κ2) is 10.4. The van der Waals surface area contributed by atoms with E-state index in [4.69, 9.17) is 27.9 Å². The molecule has 2 aliphatic rings. The summed E-state index contributed by atoms with van der Waals surface area (Å²) in [4.78, 5) is 20.2. The number of anilines is 1. The van der Waals surface area contributed by atoms with Gasteiger partial charge in [-0.15, -0.1) is 0 Å². The van der Waals surface area contributed by atoms with E-state index in [0.29, 0.717) is 11.4 Å². The van der Waals surface area contributed by atoms with E-state index in [1.807, 2.05) is 53.5 Å². The van der Waals surface area contributed by atoms with Gasteiger partial charge in [-0.25, -0.2) is 0 Å². The van der Waals surface area contributed by atoms with Gasteiger partial charge >= 0.3 is 0 Å². The third-order valence-corrected chi connectivity index (χ3v) is 7.14. The van der Waals surface area contributed by atoms with Crippen LogP contribution in [-0.2, 0) is 16.0 Å². The first-order valence-corrected chi connectivity index (χ1v) is 12.5. The molecule has 3 aromatic rings. The van der Waals surface area contributed by atoms with Crippen LogP contribution in [0.2, 0.25) is 5.02 Å². The molecule has 4 unspecified atom stereocenters. The molecule has 0 saturated carbocycles. The van der Waals surface area contributed by atoms with Gasteiger partial charge in [-0.3, -0.25) is 14.7 Å². The number of halogens is 2. The van der Waals surface area contributed by atoms with E-state index in [9.17, 15) is 4.79 Å². The molecule has 178 valence electrons. The van der Waals surface area contributed by atoms with Gasteiger partial charge in [0, 0.05) is 28.6 Å². The maximum atomic E-state index is 14.0. The molecule has 4 atom stereocenters. The standard InChI is InChI=1S/C29H26Cl2N2O2/c1-19-4-6-20(7-5-19)17-26-29(34)33(25-3-2-16-32-18-25)27(21-8-12-23(30)13-9-21)28(35-26)22-10-14-24(31)15-11-22/h2-10,12-16,18,22,26-28H,11,17H2,1H3. The molecule has 35 heavy (non-hydrogen) atoms. The number of amides is 1. The molecule has 0 radical (unpaired) electrons. The molecule has 1 fully saturated rings. The van der Waals surface area contributed by atoms with Crippen LogP contribution in [0, 0.1) is 12.8 Å². The van der Waals surface area contributed by atoms with Gasteiger partial charge in [0.15, 0.2) is 0 Å². The minimum Gasteiger partial charge on any atom is -0.362 e. The van der Waals surface area contributed by atoms with E-state index in [1.54, 1.807) is 12.4 Å². The summed E-state index contributed by atoms with van der Waals surface area (Å²) in [5, 5.41) is 1.36. The maximum Gasteiger partial charge on any atom is 0.257 e. The summed E-state index contributed by atoms with van der Waals surface area (Å²) < 4.78 is 6.69. The number of allylic oxidation sites excluding steroid dienone is 3. The molecule has 1 aliphatic heterocycles. The van der Waals surface area contributed by atoms with E-state index in [-0.39, 0.29) is 24.0 Å². The molecule has 5 rings (SSSR count). The highest BCUT2D eigenvalue weighted by Gasteiger charge is 2.46. The Bertz CT molecular complexity index is 1240. The number of carbonyl (C=O) groups excluding carboxylic acids is 1. The zero-order valence-corrected chi connectivity index (χ0v) is 20.9. The highest BCUT2D eigenvalue weighted by molar-refractivity contribution is 6.31. The monoisotopic (exact) mass is 504 g/mol. The van der Waals surface area contributed by atoms with Crippen LogP contribution in [0.15, 0.2) is 96.3 Å². The third-order valence-electron chi connectivity index (χ3n) is 6.61. The largest absolute Gasteiger partial charge is 0.362 e. The normalized spacial score (nSPS) is 24.4. The number of hydrogen-bond acceptors (Lipinski definition) is 3. The molecule has 0 spiro atoms. The number of benzene rings is 2. The zero-order chi connectivity index (χ0) is 24.4. The fourth-order valence-electron chi connectivity index (χ4n) is 4.81. The molecule has 0 N–H and O–H groups in total. The van der Waals surface area contributed by atoms with Crippen molar-refractivity contribution < 1.29 is 9.53 Å². The average Bonchev–Trinajstić information content (AvgIpc) is 2.88. The summed E-state index contributed by atoms with van der Waals surface area (Å²) in [5.41, 5.74) is 3.94. The third kappa shape index (κ3) is 5.20. The van der Waals surface area contributed by atoms with E-state index >= 15 is 0 Å². The predicted molar refractivity (Wildman–Crippen MR) is 141 cm³/mol. The van der Waals surface area contributed by atoms with Crippen molar-refractivity contribution in [2.24, 2.45) is 5.92 Å². The Labute approximate surface area is 215 Å². The smallest absolute Gasteiger partial charge is 0.257 e. The number of hydrogen-bond donors (Lipinski definition) is 0. The number of aryl methyl sites for hydroxylation is 1. The molecule has 2 heterocycles. The predicted octanol–water partition coefficient (Wildman–Crippen LogP) is 6.83. The topological polar surface area (TPSA) is 42.4 Å². The number of pyridine rings is 1. The average molecular weight is 505 g/mol. The van der Waals surface area contributed by atoms with Crippen LogP contribution < -0.4 is 4.90 Å². The summed E-state index contributed by atoms with van der Waals surface area (Å²) in [6.07, 6.45) is 9.78. The molecule has 0 bridgehead atoms. The Balaban J connectivity index is 1.59. The molecular formula is C29H26Cl2N2O2. The molecule has 1 amide bonds. The molecular weight excluding hydrogens is 479 g/mol. The summed E-state index contributed by atoms with van der Waals surface area (Å²) in [6, 6.07) is 19.3. The molecule has 1 saturated heterocycles. The molecule has 1 aliphatic carbocycles. The molecule has 6 heteroatoms. The van der Waals surface area contributed by atoms with Gasteiger partial charge in [0.1, 0.15) is 6.10 Å². The first-order chi connectivity index (χ1) is 17.0. The van der Waals surface area contributed by atoms with Crippen LogP contribution in [0.1, 0.15) is 29.2 Å². The molecule has 2 aromatic carbocycles. The van der Waals surface area contributed by atoms with E-state index in [1.165, 1.54) is 5.56 Å². The van der Waals surface area contributed by atoms with Crippen LogP contribution in [-0.4, -0.2) is 23.1 Å². The lowest BCUT2D eigenvalue weighted by Crippen LogP contribution is -2.56. The van der Waals surface area contributed by atoms with E-state index < -0.39 is 6.10 Å². The Morgan fingerprint density at radius 3 is 2.49 bits per heavy atom. The summed E-state index contributed by atoms with van der Waals surface area (Å²) >= 11 is 12.4. The number of morpholine rings is 1. The summed E-state index contributed by atoms with van der Waals surface area (Å²) in [7, 11) is 0. The minimum atomic E-state index is -0.624. The van der Waals surface area contributed by atoms with Crippen LogP contribution in [0.25, 0.3) is 0 Å². The summed E-state index contributed by atoms with van der Waals surface area (Å²) in [5.74, 6) is -0.0332. The van der Waals surface area contributed by atoms with Gasteiger partial charge in [0.25, 0.3) is 5.91 Å². The van der Waals surface area contributed by atoms with Crippen molar-refractivity contribution in [3.63, 3.8) is 0 Å². The minimum absolute atomic E-state index is 0.0472. The van der Waals surface area contributed by atoms with Gasteiger partial charge < -0.3 is 4.74 Å². The Hall–Kier alpha value is -2.92. The summed E-state index contributed by atoms with van der Waals surface area (Å²) in [6.45, 7) is 2.05. The fourth-order valence-corrected chi connectivity index (χ4v) is 5.10. The first kappa shape index (κ1) is 23.8. The van der Waals surface area contributed by atoms with Crippen LogP contribution in [0.3, 0.4) is 0 Å². The van der Waals surface area contributed by atoms with Crippen molar-refractivity contribution in [3.05, 3.63) is 118 Å². The van der Waals surface area contributed by atoms with Crippen molar-refractivity contribution in [2.45, 2.75) is 38.0 Å². The second-order valence-corrected chi connectivity index (χ2v) is 9.92. The lowest BCUT2D eigenvalue weighted by molar-refractivity contribution is -0.147. The van der Waals surface area contributed by atoms with Gasteiger partial charge in [-0.2, -0.15) is 0 Å². The number of carbonyl (C=O) groups is 1. The van der Waals surface area contributed by atoms with Crippen molar-refractivity contribution in [1.82, 2.24) is 4.98 Å². The Morgan fingerprint density at radius 1 is 1.06 bits per heavy atom. The molecule has 1 aromatic heterocycles. The van der Waals surface area contributed by atoms with Crippen LogP contribution in [0.5, 0.6) is 0 Å². The highest BCUT2D eigenvalue weighted by atomic mass is 35.5. The Morgan fingerprint density at radius 2 is 1.83 bits per heavy atom. The zero-order valence-electron chi connectivity index (χ0n) is 19.4. The lowest BCUT2D eigenvalue weighted by atomic mass is 9.84. The van der Waals surface area contributed by atoms with Crippen molar-refractivity contribution >= 4 is 34.8 Å². The van der Waals surface area contributed by atoms with E-state index in [2.05, 4.69) is 42.2 Å². The number of aromatic nitrogens is 1. The number of ether oxygens (including phenoxy) is 1. The first-order valence-electron chi connectivity index (χ1n) is 11.7. The SMILES string of the molecule is Cc1ccc(CC2OC(C3C=CC(Cl)=CC3)C(c3ccc(Cl)cc3)N(c3cccnc3)C2=O)cc1. The quantitative estimate of drug-likeness (QED) is 0.382. The van der Waals surface area contributed by atoms with Crippen LogP contribution >= 0.6 is 23.2 Å². The van der Waals surface area contributed by atoms with Gasteiger partial charge in [0.05, 0.1) is 24.0 Å². The number of rotatable bonds is 5. The van der Waals surface area contributed by atoms with Crippen LogP contribution in [0.4, 0.5) is 5.69 Å². The van der Waals surface area contributed by atoms with Gasteiger partial charge in [0.2, 0.25) is 0 Å². The van der Waals surface area contributed by atoms with Crippen molar-refractivity contribution in [2.75, 3.05) is 4.90 Å². The number of nitrogens with zero attached hydrogens (tertiary/aromatic N) is 2. The fraction of sp³-hybridized carbons (Fsp3) is 0.241. The van der Waals surface area contributed by atoms with Crippen molar-refractivity contribution in [1.29, 1.82) is 0 Å².